The van der Waals surface area contributed by atoms with Gasteiger partial charge in [0.1, 0.15) is 17.6 Å². The van der Waals surface area contributed by atoms with Crippen LogP contribution in [0.15, 0.2) is 46.0 Å². The summed E-state index contributed by atoms with van der Waals surface area (Å²) in [6.07, 6.45) is 3.59. The Balaban J connectivity index is 1.61. The molecule has 1 unspecified atom stereocenters. The maximum Gasteiger partial charge on any atom is 0.191 e. The lowest BCUT2D eigenvalue weighted by Gasteiger charge is -2.16. The Bertz CT molecular complexity index is 722. The number of guanidine groups is 1. The summed E-state index contributed by atoms with van der Waals surface area (Å²) < 4.78 is 17.0. The standard InChI is InChI=1S/C21H29N3O3/c1-3-22-21(23-10-8-18-5-4-11-26-18)24-14-17-7-6-16(2)13-20(17)27-19-9-12-25-15-19/h4-7,11,13,19H,3,8-10,12,14-15H2,1-2H3,(H2,22,23,24). The lowest BCUT2D eigenvalue weighted by molar-refractivity contribution is 0.140. The second-order valence-electron chi connectivity index (χ2n) is 6.67. The minimum Gasteiger partial charge on any atom is -0.488 e. The van der Waals surface area contributed by atoms with Gasteiger partial charge in [0.2, 0.25) is 0 Å². The average molecular weight is 371 g/mol. The molecular weight excluding hydrogens is 342 g/mol. The van der Waals surface area contributed by atoms with Crippen LogP contribution < -0.4 is 15.4 Å². The van der Waals surface area contributed by atoms with Gasteiger partial charge < -0.3 is 24.5 Å². The van der Waals surface area contributed by atoms with Crippen molar-refractivity contribution in [1.82, 2.24) is 10.6 Å². The van der Waals surface area contributed by atoms with Crippen LogP contribution in [0.25, 0.3) is 0 Å². The van der Waals surface area contributed by atoms with Gasteiger partial charge in [0.05, 0.1) is 26.0 Å². The van der Waals surface area contributed by atoms with Crippen LogP contribution in [0, 0.1) is 6.92 Å². The van der Waals surface area contributed by atoms with E-state index in [-0.39, 0.29) is 6.10 Å². The third-order valence-electron chi connectivity index (χ3n) is 4.40. The van der Waals surface area contributed by atoms with Crippen molar-refractivity contribution >= 4 is 5.96 Å². The third-order valence-corrected chi connectivity index (χ3v) is 4.40. The number of rotatable bonds is 8. The van der Waals surface area contributed by atoms with Crippen molar-refractivity contribution in [1.29, 1.82) is 0 Å². The summed E-state index contributed by atoms with van der Waals surface area (Å²) >= 11 is 0. The highest BCUT2D eigenvalue weighted by atomic mass is 16.5. The molecule has 1 aliphatic heterocycles. The maximum absolute atomic E-state index is 6.16. The van der Waals surface area contributed by atoms with E-state index in [1.54, 1.807) is 6.26 Å². The SMILES string of the molecule is CCNC(=NCc1ccc(C)cc1OC1CCOC1)NCCc1ccco1. The fourth-order valence-corrected chi connectivity index (χ4v) is 2.95. The van der Waals surface area contributed by atoms with E-state index >= 15 is 0 Å². The first-order valence-electron chi connectivity index (χ1n) is 9.63. The molecule has 6 heteroatoms. The Kier molecular flexibility index (Phi) is 7.16. The number of aliphatic imine (C=N–C) groups is 1. The highest BCUT2D eigenvalue weighted by Crippen LogP contribution is 2.24. The topological polar surface area (TPSA) is 68.0 Å². The van der Waals surface area contributed by atoms with Gasteiger partial charge in [-0.25, -0.2) is 4.99 Å². The zero-order chi connectivity index (χ0) is 18.9. The summed E-state index contributed by atoms with van der Waals surface area (Å²) in [5.41, 5.74) is 2.26. The zero-order valence-electron chi connectivity index (χ0n) is 16.2. The van der Waals surface area contributed by atoms with Crippen LogP contribution in [0.4, 0.5) is 0 Å². The Labute approximate surface area is 161 Å². The van der Waals surface area contributed by atoms with Crippen molar-refractivity contribution in [2.24, 2.45) is 4.99 Å². The second-order valence-corrected chi connectivity index (χ2v) is 6.67. The quantitative estimate of drug-likeness (QED) is 0.551. The molecule has 3 rings (SSSR count). The van der Waals surface area contributed by atoms with Gasteiger partial charge in [0.25, 0.3) is 0 Å². The normalized spacial score (nSPS) is 17.1. The molecule has 1 atom stereocenters. The molecule has 0 radical (unpaired) electrons. The average Bonchev–Trinajstić information content (AvgIpc) is 3.35. The molecular formula is C21H29N3O3. The molecule has 1 fully saturated rings. The van der Waals surface area contributed by atoms with Crippen molar-refractivity contribution in [3.8, 4) is 5.75 Å². The molecule has 0 saturated carbocycles. The summed E-state index contributed by atoms with van der Waals surface area (Å²) in [6, 6.07) is 10.2. The summed E-state index contributed by atoms with van der Waals surface area (Å²) in [5.74, 6) is 2.66. The molecule has 146 valence electrons. The van der Waals surface area contributed by atoms with Crippen LogP contribution in [-0.4, -0.2) is 38.4 Å². The van der Waals surface area contributed by atoms with Gasteiger partial charge in [-0.1, -0.05) is 12.1 Å². The molecule has 1 aromatic carbocycles. The number of benzene rings is 1. The van der Waals surface area contributed by atoms with E-state index in [1.165, 1.54) is 5.56 Å². The molecule has 1 aromatic heterocycles. The Morgan fingerprint density at radius 2 is 2.22 bits per heavy atom. The fourth-order valence-electron chi connectivity index (χ4n) is 2.95. The zero-order valence-corrected chi connectivity index (χ0v) is 16.2. The number of ether oxygens (including phenoxy) is 2. The van der Waals surface area contributed by atoms with E-state index < -0.39 is 0 Å². The monoisotopic (exact) mass is 371 g/mol. The molecule has 6 nitrogen and oxygen atoms in total. The third kappa shape index (κ3) is 6.03. The van der Waals surface area contributed by atoms with Crippen molar-refractivity contribution in [3.05, 3.63) is 53.5 Å². The largest absolute Gasteiger partial charge is 0.488 e. The van der Waals surface area contributed by atoms with Gasteiger partial charge in [0.15, 0.2) is 5.96 Å². The Hall–Kier alpha value is -2.47. The first-order chi connectivity index (χ1) is 13.2. The highest BCUT2D eigenvalue weighted by Gasteiger charge is 2.18. The van der Waals surface area contributed by atoms with Crippen LogP contribution in [0.2, 0.25) is 0 Å². The Morgan fingerprint density at radius 1 is 1.30 bits per heavy atom. The van der Waals surface area contributed by atoms with Crippen LogP contribution in [0.5, 0.6) is 5.75 Å². The van der Waals surface area contributed by atoms with E-state index in [9.17, 15) is 0 Å². The number of furan rings is 1. The lowest BCUT2D eigenvalue weighted by Crippen LogP contribution is -2.38. The molecule has 1 aliphatic rings. The number of hydrogen-bond donors (Lipinski definition) is 2. The van der Waals surface area contributed by atoms with E-state index in [0.717, 1.165) is 55.6 Å². The fraction of sp³-hybridized carbons (Fsp3) is 0.476. The summed E-state index contributed by atoms with van der Waals surface area (Å²) in [7, 11) is 0. The van der Waals surface area contributed by atoms with E-state index in [2.05, 4.69) is 42.7 Å². The minimum atomic E-state index is 0.134. The maximum atomic E-state index is 6.16. The Morgan fingerprint density at radius 3 is 2.96 bits per heavy atom. The van der Waals surface area contributed by atoms with Crippen molar-refractivity contribution in [2.45, 2.75) is 39.3 Å². The van der Waals surface area contributed by atoms with Gasteiger partial charge in [-0.3, -0.25) is 0 Å². The number of hydrogen-bond acceptors (Lipinski definition) is 4. The summed E-state index contributed by atoms with van der Waals surface area (Å²) in [4.78, 5) is 4.72. The van der Waals surface area contributed by atoms with Crippen molar-refractivity contribution < 1.29 is 13.9 Å². The van der Waals surface area contributed by atoms with Crippen molar-refractivity contribution in [3.63, 3.8) is 0 Å². The molecule has 0 bridgehead atoms. The number of nitrogens with zero attached hydrogens (tertiary/aromatic N) is 1. The van der Waals surface area contributed by atoms with Crippen LogP contribution in [0.3, 0.4) is 0 Å². The second kappa shape index (κ2) is 10.0. The van der Waals surface area contributed by atoms with E-state index in [1.807, 2.05) is 12.1 Å². The molecule has 27 heavy (non-hydrogen) atoms. The predicted octanol–water partition coefficient (Wildman–Crippen LogP) is 3.05. The highest BCUT2D eigenvalue weighted by molar-refractivity contribution is 5.79. The van der Waals surface area contributed by atoms with E-state index in [4.69, 9.17) is 18.9 Å². The number of nitrogens with one attached hydrogen (secondary N) is 2. The number of aryl methyl sites for hydroxylation is 1. The lowest BCUT2D eigenvalue weighted by atomic mass is 10.1. The molecule has 0 amide bonds. The summed E-state index contributed by atoms with van der Waals surface area (Å²) in [5, 5.41) is 6.64. The molecule has 1 saturated heterocycles. The molecule has 2 aromatic rings. The van der Waals surface area contributed by atoms with Crippen LogP contribution in [-0.2, 0) is 17.7 Å². The molecule has 0 aliphatic carbocycles. The predicted molar refractivity (Wildman–Crippen MR) is 106 cm³/mol. The molecule has 0 spiro atoms. The first kappa shape index (κ1) is 19.3. The summed E-state index contributed by atoms with van der Waals surface area (Å²) in [6.45, 7) is 7.69. The van der Waals surface area contributed by atoms with Gasteiger partial charge in [0, 0.05) is 31.5 Å². The van der Waals surface area contributed by atoms with Crippen LogP contribution in [0.1, 0.15) is 30.2 Å². The first-order valence-corrected chi connectivity index (χ1v) is 9.63. The van der Waals surface area contributed by atoms with Gasteiger partial charge in [-0.05, 0) is 37.6 Å². The van der Waals surface area contributed by atoms with E-state index in [0.29, 0.717) is 13.2 Å². The van der Waals surface area contributed by atoms with Gasteiger partial charge in [-0.2, -0.15) is 0 Å². The molecule has 2 N–H and O–H groups in total. The van der Waals surface area contributed by atoms with Gasteiger partial charge in [-0.15, -0.1) is 0 Å². The molecule has 2 heterocycles. The minimum absolute atomic E-state index is 0.134. The van der Waals surface area contributed by atoms with Gasteiger partial charge >= 0.3 is 0 Å². The van der Waals surface area contributed by atoms with Crippen molar-refractivity contribution in [2.75, 3.05) is 26.3 Å². The van der Waals surface area contributed by atoms with Crippen LogP contribution >= 0.6 is 0 Å². The smallest absolute Gasteiger partial charge is 0.191 e.